The summed E-state index contributed by atoms with van der Waals surface area (Å²) in [6.07, 6.45) is -4.39. The van der Waals surface area contributed by atoms with Crippen molar-refractivity contribution in [1.29, 1.82) is 0 Å². The number of alkyl halides is 4. The van der Waals surface area contributed by atoms with Gasteiger partial charge in [0.05, 0.1) is 0 Å². The van der Waals surface area contributed by atoms with Crippen LogP contribution in [0.15, 0.2) is 0 Å². The van der Waals surface area contributed by atoms with Gasteiger partial charge in [0.15, 0.2) is 0 Å². The predicted molar refractivity (Wildman–Crippen MR) is 30.5 cm³/mol. The normalized spacial score (nSPS) is 12.6. The monoisotopic (exact) mass is 158 g/mol. The van der Waals surface area contributed by atoms with Gasteiger partial charge in [0.25, 0.3) is 0 Å². The molecule has 0 N–H and O–H groups in total. The van der Waals surface area contributed by atoms with Gasteiger partial charge in [-0.3, -0.25) is 0 Å². The summed E-state index contributed by atoms with van der Waals surface area (Å²) in [7, 11) is 0. The maximum Gasteiger partial charge on any atom is 0.248 e. The summed E-state index contributed by atoms with van der Waals surface area (Å²) in [5.41, 5.74) is 0. The van der Waals surface area contributed by atoms with Crippen LogP contribution in [0.25, 0.3) is 0 Å². The van der Waals surface area contributed by atoms with Crippen LogP contribution in [-0.2, 0) is 0 Å². The highest BCUT2D eigenvalue weighted by atomic mass is 19.3. The molecule has 0 spiro atoms. The highest BCUT2D eigenvalue weighted by Gasteiger charge is 2.26. The third-order valence-corrected chi connectivity index (χ3v) is 1.25. The molecule has 0 aromatic heterocycles. The molecule has 0 aromatic rings. The van der Waals surface area contributed by atoms with E-state index in [0.29, 0.717) is 0 Å². The van der Waals surface area contributed by atoms with Gasteiger partial charge >= 0.3 is 0 Å². The summed E-state index contributed by atoms with van der Waals surface area (Å²) in [6.45, 7) is 1.28. The number of rotatable bonds is 4. The van der Waals surface area contributed by atoms with Gasteiger partial charge in [0.1, 0.15) is 0 Å². The molecule has 0 aliphatic rings. The molecule has 0 bridgehead atoms. The average molecular weight is 158 g/mol. The van der Waals surface area contributed by atoms with Crippen LogP contribution in [0.5, 0.6) is 0 Å². The van der Waals surface area contributed by atoms with Gasteiger partial charge in [-0.25, -0.2) is 17.6 Å². The largest absolute Gasteiger partial charge is 0.248 e. The van der Waals surface area contributed by atoms with E-state index in [4.69, 9.17) is 0 Å². The molecule has 0 atom stereocenters. The second kappa shape index (κ2) is 3.78. The minimum absolute atomic E-state index is 0.361. The first kappa shape index (κ1) is 9.72. The molecule has 0 saturated heterocycles. The lowest BCUT2D eigenvalue weighted by Crippen LogP contribution is -2.15. The Labute approximate surface area is 57.2 Å². The third kappa shape index (κ3) is 4.58. The SMILES string of the molecule is CCC(F)(F)CCC(F)F. The molecular formula is C6H10F4. The summed E-state index contributed by atoms with van der Waals surface area (Å²) in [6, 6.07) is 0. The highest BCUT2D eigenvalue weighted by molar-refractivity contribution is 4.63. The third-order valence-electron chi connectivity index (χ3n) is 1.25. The summed E-state index contributed by atoms with van der Waals surface area (Å²) in [5, 5.41) is 0. The zero-order chi connectivity index (χ0) is 8.20. The van der Waals surface area contributed by atoms with E-state index < -0.39 is 25.2 Å². The fraction of sp³-hybridized carbons (Fsp3) is 1.00. The first-order valence-electron chi connectivity index (χ1n) is 3.14. The second-order valence-electron chi connectivity index (χ2n) is 2.14. The van der Waals surface area contributed by atoms with Crippen molar-refractivity contribution in [2.75, 3.05) is 0 Å². The standard InChI is InChI=1S/C6H10F4/c1-2-6(9,10)4-3-5(7)8/h5H,2-4H2,1H3. The van der Waals surface area contributed by atoms with Crippen LogP contribution in [0.2, 0.25) is 0 Å². The van der Waals surface area contributed by atoms with E-state index in [0.717, 1.165) is 0 Å². The first-order chi connectivity index (χ1) is 4.48. The van der Waals surface area contributed by atoms with Crippen molar-refractivity contribution >= 4 is 0 Å². The van der Waals surface area contributed by atoms with Gasteiger partial charge in [0, 0.05) is 19.3 Å². The van der Waals surface area contributed by atoms with Crippen molar-refractivity contribution in [2.45, 2.75) is 38.5 Å². The van der Waals surface area contributed by atoms with Gasteiger partial charge in [-0.05, 0) is 0 Å². The molecule has 0 nitrogen and oxygen atoms in total. The molecule has 0 radical (unpaired) electrons. The van der Waals surface area contributed by atoms with E-state index in [-0.39, 0.29) is 6.42 Å². The molecule has 0 rings (SSSR count). The average Bonchev–Trinajstić information content (AvgIpc) is 1.85. The van der Waals surface area contributed by atoms with Crippen molar-refractivity contribution in [2.24, 2.45) is 0 Å². The minimum atomic E-state index is -2.91. The zero-order valence-electron chi connectivity index (χ0n) is 5.71. The summed E-state index contributed by atoms with van der Waals surface area (Å²) in [5.74, 6) is -2.91. The van der Waals surface area contributed by atoms with Gasteiger partial charge in [-0.2, -0.15) is 0 Å². The molecule has 10 heavy (non-hydrogen) atoms. The van der Waals surface area contributed by atoms with Crippen molar-refractivity contribution in [3.8, 4) is 0 Å². The summed E-state index contributed by atoms with van der Waals surface area (Å²) in [4.78, 5) is 0. The summed E-state index contributed by atoms with van der Waals surface area (Å²) < 4.78 is 47.1. The van der Waals surface area contributed by atoms with Gasteiger partial charge < -0.3 is 0 Å². The van der Waals surface area contributed by atoms with E-state index in [1.54, 1.807) is 0 Å². The van der Waals surface area contributed by atoms with Gasteiger partial charge in [-0.15, -0.1) is 0 Å². The lowest BCUT2D eigenvalue weighted by molar-refractivity contribution is -0.0275. The van der Waals surface area contributed by atoms with Crippen LogP contribution in [0.4, 0.5) is 17.6 Å². The molecule has 0 saturated carbocycles. The fourth-order valence-corrected chi connectivity index (χ4v) is 0.497. The Balaban J connectivity index is 3.46. The van der Waals surface area contributed by atoms with E-state index in [2.05, 4.69) is 0 Å². The van der Waals surface area contributed by atoms with Crippen LogP contribution in [0, 0.1) is 0 Å². The summed E-state index contributed by atoms with van der Waals surface area (Å²) >= 11 is 0. The maximum atomic E-state index is 12.2. The molecule has 0 heterocycles. The Morgan fingerprint density at radius 2 is 1.80 bits per heavy atom. The smallest absolute Gasteiger partial charge is 0.211 e. The molecule has 0 amide bonds. The lowest BCUT2D eigenvalue weighted by atomic mass is 10.1. The first-order valence-corrected chi connectivity index (χ1v) is 3.14. The molecule has 4 heteroatoms. The maximum absolute atomic E-state index is 12.2. The van der Waals surface area contributed by atoms with Crippen LogP contribution >= 0.6 is 0 Å². The molecule has 0 unspecified atom stereocenters. The molecular weight excluding hydrogens is 148 g/mol. The molecule has 62 valence electrons. The highest BCUT2D eigenvalue weighted by Crippen LogP contribution is 2.25. The van der Waals surface area contributed by atoms with E-state index in [9.17, 15) is 17.6 Å². The Bertz CT molecular complexity index is 89.7. The number of hydrogen-bond donors (Lipinski definition) is 0. The Kier molecular flexibility index (Phi) is 3.68. The Morgan fingerprint density at radius 3 is 2.10 bits per heavy atom. The molecule has 0 aliphatic carbocycles. The van der Waals surface area contributed by atoms with E-state index in [1.807, 2.05) is 0 Å². The Morgan fingerprint density at radius 1 is 1.30 bits per heavy atom. The van der Waals surface area contributed by atoms with Crippen LogP contribution in [0.3, 0.4) is 0 Å². The predicted octanol–water partition coefficient (Wildman–Crippen LogP) is 3.08. The fourth-order valence-electron chi connectivity index (χ4n) is 0.497. The number of hydrogen-bond acceptors (Lipinski definition) is 0. The van der Waals surface area contributed by atoms with Crippen molar-refractivity contribution in [3.63, 3.8) is 0 Å². The molecule has 0 fully saturated rings. The zero-order valence-corrected chi connectivity index (χ0v) is 5.71. The van der Waals surface area contributed by atoms with Crippen molar-refractivity contribution in [3.05, 3.63) is 0 Å². The molecule has 0 aliphatic heterocycles. The Hall–Kier alpha value is -0.280. The topological polar surface area (TPSA) is 0 Å². The van der Waals surface area contributed by atoms with E-state index in [1.165, 1.54) is 6.92 Å². The van der Waals surface area contributed by atoms with Crippen molar-refractivity contribution in [1.82, 2.24) is 0 Å². The second-order valence-corrected chi connectivity index (χ2v) is 2.14. The molecule has 0 aromatic carbocycles. The minimum Gasteiger partial charge on any atom is -0.211 e. The van der Waals surface area contributed by atoms with Gasteiger partial charge in [0.2, 0.25) is 12.3 Å². The van der Waals surface area contributed by atoms with Crippen LogP contribution in [0.1, 0.15) is 26.2 Å². The quantitative estimate of drug-likeness (QED) is 0.551. The van der Waals surface area contributed by atoms with Crippen LogP contribution < -0.4 is 0 Å². The van der Waals surface area contributed by atoms with Crippen molar-refractivity contribution < 1.29 is 17.6 Å². The lowest BCUT2D eigenvalue weighted by Gasteiger charge is -2.12. The van der Waals surface area contributed by atoms with Crippen LogP contribution in [-0.4, -0.2) is 12.3 Å². The van der Waals surface area contributed by atoms with E-state index >= 15 is 0 Å². The van der Waals surface area contributed by atoms with Gasteiger partial charge in [-0.1, -0.05) is 6.92 Å². The number of halogens is 4.